The van der Waals surface area contributed by atoms with Crippen LogP contribution in [0.15, 0.2) is 53.3 Å². The molecule has 1 heterocycles. The Morgan fingerprint density at radius 1 is 1.05 bits per heavy atom. The number of pyridine rings is 1. The first-order chi connectivity index (χ1) is 10.2. The van der Waals surface area contributed by atoms with Crippen LogP contribution in [0.2, 0.25) is 0 Å². The Morgan fingerprint density at radius 2 is 1.86 bits per heavy atom. The number of methoxy groups -OCH3 is 1. The number of aromatic nitrogens is 1. The molecule has 0 atom stereocenters. The summed E-state index contributed by atoms with van der Waals surface area (Å²) in [6.07, 6.45) is 3.46. The topological polar surface area (TPSA) is 57.4 Å². The van der Waals surface area contributed by atoms with Crippen molar-refractivity contribution in [2.24, 2.45) is 0 Å². The standard InChI is InChI=1S/C16H13BrN2O2/c1-20-10-2-4-16(13(17)8-10)21-15-5-3-14(18)11-6-7-19-9-12(11)15/h2-9H,18H2,1H3. The minimum atomic E-state index is 0.700. The van der Waals surface area contributed by atoms with E-state index < -0.39 is 0 Å². The highest BCUT2D eigenvalue weighted by molar-refractivity contribution is 9.10. The SMILES string of the molecule is COc1ccc(Oc2ccc(N)c3ccncc23)c(Br)c1. The van der Waals surface area contributed by atoms with Crippen molar-refractivity contribution in [1.29, 1.82) is 0 Å². The molecule has 106 valence electrons. The summed E-state index contributed by atoms with van der Waals surface area (Å²) < 4.78 is 12.0. The van der Waals surface area contributed by atoms with Crippen LogP contribution in [-0.4, -0.2) is 12.1 Å². The Labute approximate surface area is 130 Å². The van der Waals surface area contributed by atoms with E-state index in [2.05, 4.69) is 20.9 Å². The van der Waals surface area contributed by atoms with Gasteiger partial charge in [-0.15, -0.1) is 0 Å². The van der Waals surface area contributed by atoms with Crippen LogP contribution in [0.1, 0.15) is 0 Å². The summed E-state index contributed by atoms with van der Waals surface area (Å²) in [5.41, 5.74) is 6.68. The smallest absolute Gasteiger partial charge is 0.141 e. The van der Waals surface area contributed by atoms with E-state index in [1.54, 1.807) is 19.5 Å². The summed E-state index contributed by atoms with van der Waals surface area (Å²) in [5.74, 6) is 2.17. The zero-order chi connectivity index (χ0) is 14.8. The third-order valence-electron chi connectivity index (χ3n) is 3.17. The number of nitrogens with two attached hydrogens (primary N) is 1. The molecule has 1 aromatic heterocycles. The van der Waals surface area contributed by atoms with Gasteiger partial charge in [-0.25, -0.2) is 0 Å². The van der Waals surface area contributed by atoms with Gasteiger partial charge in [0, 0.05) is 28.9 Å². The van der Waals surface area contributed by atoms with Crippen LogP contribution >= 0.6 is 15.9 Å². The first kappa shape index (κ1) is 13.7. The van der Waals surface area contributed by atoms with Crippen molar-refractivity contribution < 1.29 is 9.47 Å². The number of benzene rings is 2. The van der Waals surface area contributed by atoms with E-state index in [-0.39, 0.29) is 0 Å². The van der Waals surface area contributed by atoms with E-state index >= 15 is 0 Å². The van der Waals surface area contributed by atoms with Crippen LogP contribution in [0.4, 0.5) is 5.69 Å². The zero-order valence-electron chi connectivity index (χ0n) is 11.3. The molecule has 3 rings (SSSR count). The Kier molecular flexibility index (Phi) is 3.66. The molecule has 2 aromatic carbocycles. The molecule has 0 saturated heterocycles. The predicted octanol–water partition coefficient (Wildman–Crippen LogP) is 4.38. The molecular weight excluding hydrogens is 332 g/mol. The molecule has 3 aromatic rings. The first-order valence-electron chi connectivity index (χ1n) is 6.32. The average Bonchev–Trinajstić information content (AvgIpc) is 2.52. The maximum absolute atomic E-state index is 5.98. The van der Waals surface area contributed by atoms with E-state index in [9.17, 15) is 0 Å². The predicted molar refractivity (Wildman–Crippen MR) is 86.9 cm³/mol. The van der Waals surface area contributed by atoms with E-state index in [4.69, 9.17) is 15.2 Å². The second kappa shape index (κ2) is 5.61. The second-order valence-electron chi connectivity index (χ2n) is 4.47. The Morgan fingerprint density at radius 3 is 2.62 bits per heavy atom. The van der Waals surface area contributed by atoms with Gasteiger partial charge in [0.25, 0.3) is 0 Å². The van der Waals surface area contributed by atoms with Crippen molar-refractivity contribution in [1.82, 2.24) is 4.98 Å². The van der Waals surface area contributed by atoms with Crippen LogP contribution < -0.4 is 15.2 Å². The lowest BCUT2D eigenvalue weighted by molar-refractivity contribution is 0.412. The van der Waals surface area contributed by atoms with Gasteiger partial charge in [-0.05, 0) is 52.3 Å². The molecule has 0 saturated carbocycles. The van der Waals surface area contributed by atoms with Gasteiger partial charge in [-0.2, -0.15) is 0 Å². The van der Waals surface area contributed by atoms with Gasteiger partial charge in [0.15, 0.2) is 0 Å². The average molecular weight is 345 g/mol. The number of rotatable bonds is 3. The second-order valence-corrected chi connectivity index (χ2v) is 5.33. The molecule has 4 nitrogen and oxygen atoms in total. The van der Waals surface area contributed by atoms with Crippen molar-refractivity contribution in [3.63, 3.8) is 0 Å². The normalized spacial score (nSPS) is 10.6. The molecule has 21 heavy (non-hydrogen) atoms. The largest absolute Gasteiger partial charge is 0.497 e. The summed E-state index contributed by atoms with van der Waals surface area (Å²) in [7, 11) is 1.63. The number of ether oxygens (including phenoxy) is 2. The highest BCUT2D eigenvalue weighted by Gasteiger charge is 2.09. The van der Waals surface area contributed by atoms with Gasteiger partial charge in [0.1, 0.15) is 17.2 Å². The molecule has 0 aliphatic rings. The number of halogens is 1. The van der Waals surface area contributed by atoms with Crippen LogP contribution in [0.25, 0.3) is 10.8 Å². The van der Waals surface area contributed by atoms with Crippen molar-refractivity contribution in [3.8, 4) is 17.2 Å². The van der Waals surface area contributed by atoms with Crippen LogP contribution in [0, 0.1) is 0 Å². The van der Waals surface area contributed by atoms with Crippen molar-refractivity contribution in [3.05, 3.63) is 53.3 Å². The minimum absolute atomic E-state index is 0.700. The summed E-state index contributed by atoms with van der Waals surface area (Å²) in [5, 5.41) is 1.80. The Balaban J connectivity index is 2.04. The summed E-state index contributed by atoms with van der Waals surface area (Å²) in [4.78, 5) is 4.14. The lowest BCUT2D eigenvalue weighted by Gasteiger charge is -2.12. The molecule has 0 radical (unpaired) electrons. The third kappa shape index (κ3) is 2.64. The maximum Gasteiger partial charge on any atom is 0.141 e. The molecule has 0 spiro atoms. The molecule has 0 unspecified atom stereocenters. The molecule has 2 N–H and O–H groups in total. The van der Waals surface area contributed by atoms with E-state index in [0.717, 1.165) is 21.0 Å². The lowest BCUT2D eigenvalue weighted by atomic mass is 10.1. The van der Waals surface area contributed by atoms with Crippen LogP contribution in [-0.2, 0) is 0 Å². The van der Waals surface area contributed by atoms with E-state index in [1.165, 1.54) is 0 Å². The quantitative estimate of drug-likeness (QED) is 0.716. The van der Waals surface area contributed by atoms with Crippen molar-refractivity contribution in [2.75, 3.05) is 12.8 Å². The van der Waals surface area contributed by atoms with Gasteiger partial charge in [0.2, 0.25) is 0 Å². The third-order valence-corrected chi connectivity index (χ3v) is 3.79. The minimum Gasteiger partial charge on any atom is -0.497 e. The number of hydrogen-bond acceptors (Lipinski definition) is 4. The van der Waals surface area contributed by atoms with Crippen LogP contribution in [0.3, 0.4) is 0 Å². The van der Waals surface area contributed by atoms with Crippen molar-refractivity contribution in [2.45, 2.75) is 0 Å². The van der Waals surface area contributed by atoms with E-state index in [1.807, 2.05) is 36.4 Å². The lowest BCUT2D eigenvalue weighted by Crippen LogP contribution is -1.92. The summed E-state index contributed by atoms with van der Waals surface area (Å²) in [6, 6.07) is 11.1. The Hall–Kier alpha value is -2.27. The number of nitrogen functional groups attached to an aromatic ring is 1. The fourth-order valence-electron chi connectivity index (χ4n) is 2.09. The molecule has 0 bridgehead atoms. The van der Waals surface area contributed by atoms with Gasteiger partial charge in [0.05, 0.1) is 11.6 Å². The summed E-state index contributed by atoms with van der Waals surface area (Å²) in [6.45, 7) is 0. The molecule has 0 aliphatic heterocycles. The molecule has 0 aliphatic carbocycles. The fraction of sp³-hybridized carbons (Fsp3) is 0.0625. The number of fused-ring (bicyclic) bond motifs is 1. The maximum atomic E-state index is 5.98. The first-order valence-corrected chi connectivity index (χ1v) is 7.12. The molecule has 0 fully saturated rings. The monoisotopic (exact) mass is 344 g/mol. The van der Waals surface area contributed by atoms with Crippen molar-refractivity contribution >= 4 is 32.4 Å². The Bertz CT molecular complexity index is 805. The van der Waals surface area contributed by atoms with Gasteiger partial charge in [-0.1, -0.05) is 0 Å². The van der Waals surface area contributed by atoms with Gasteiger partial charge in [-0.3, -0.25) is 4.98 Å². The summed E-state index contributed by atoms with van der Waals surface area (Å²) >= 11 is 3.48. The zero-order valence-corrected chi connectivity index (χ0v) is 12.9. The van der Waals surface area contributed by atoms with Crippen LogP contribution in [0.5, 0.6) is 17.2 Å². The number of hydrogen-bond donors (Lipinski definition) is 1. The molecular formula is C16H13BrN2O2. The molecule has 5 heteroatoms. The highest BCUT2D eigenvalue weighted by atomic mass is 79.9. The fourth-order valence-corrected chi connectivity index (χ4v) is 2.53. The number of nitrogens with zero attached hydrogens (tertiary/aromatic N) is 1. The van der Waals surface area contributed by atoms with E-state index in [0.29, 0.717) is 17.2 Å². The van der Waals surface area contributed by atoms with Gasteiger partial charge >= 0.3 is 0 Å². The highest BCUT2D eigenvalue weighted by Crippen LogP contribution is 2.36. The molecule has 0 amide bonds. The van der Waals surface area contributed by atoms with Gasteiger partial charge < -0.3 is 15.2 Å². The number of anilines is 1.